The molecule has 0 saturated heterocycles. The number of rotatable bonds is 4. The van der Waals surface area contributed by atoms with Crippen LogP contribution in [0, 0.1) is 11.2 Å². The van der Waals surface area contributed by atoms with Gasteiger partial charge in [-0.25, -0.2) is 17.5 Å². The van der Waals surface area contributed by atoms with Crippen LogP contribution < -0.4 is 4.72 Å². The van der Waals surface area contributed by atoms with Gasteiger partial charge < -0.3 is 5.11 Å². The normalized spacial score (nSPS) is 19.6. The molecule has 1 aliphatic rings. The summed E-state index contributed by atoms with van der Waals surface area (Å²) in [6.07, 6.45) is 3.43. The minimum absolute atomic E-state index is 0.139. The van der Waals surface area contributed by atoms with Gasteiger partial charge in [-0.05, 0) is 48.8 Å². The van der Waals surface area contributed by atoms with Crippen molar-refractivity contribution in [1.82, 2.24) is 4.72 Å². The third-order valence-electron chi connectivity index (χ3n) is 4.13. The Bertz CT molecular complexity index is 603. The second-order valence-corrected chi connectivity index (χ2v) is 8.17. The van der Waals surface area contributed by atoms with Gasteiger partial charge in [0.05, 0.1) is 6.61 Å². The molecule has 0 aliphatic heterocycles. The van der Waals surface area contributed by atoms with Gasteiger partial charge in [0.2, 0.25) is 10.0 Å². The summed E-state index contributed by atoms with van der Waals surface area (Å²) in [5.74, 6) is -0.829. The molecule has 1 saturated carbocycles. The van der Waals surface area contributed by atoms with Crippen molar-refractivity contribution < 1.29 is 17.9 Å². The molecule has 0 aromatic heterocycles. The lowest BCUT2D eigenvalue weighted by Crippen LogP contribution is -2.39. The van der Waals surface area contributed by atoms with Crippen molar-refractivity contribution in [1.29, 1.82) is 0 Å². The smallest absolute Gasteiger partial charge is 0.243 e. The van der Waals surface area contributed by atoms with E-state index in [9.17, 15) is 12.8 Å². The van der Waals surface area contributed by atoms with E-state index in [1.165, 1.54) is 12.1 Å². The Morgan fingerprint density at radius 3 is 2.48 bits per heavy atom. The number of nitrogens with one attached hydrogen (secondary N) is 1. The molecule has 1 aromatic carbocycles. The average molecular weight is 315 g/mol. The maximum Gasteiger partial charge on any atom is 0.243 e. The highest BCUT2D eigenvalue weighted by molar-refractivity contribution is 7.89. The molecule has 6 heteroatoms. The van der Waals surface area contributed by atoms with Gasteiger partial charge in [-0.2, -0.15) is 0 Å². The van der Waals surface area contributed by atoms with Crippen LogP contribution in [0.3, 0.4) is 0 Å². The number of aliphatic hydroxyl groups is 1. The molecule has 0 unspecified atom stereocenters. The number of sulfonamides is 1. The summed E-state index contributed by atoms with van der Waals surface area (Å²) < 4.78 is 41.0. The summed E-state index contributed by atoms with van der Waals surface area (Å²) >= 11 is 0. The van der Waals surface area contributed by atoms with Gasteiger partial charge in [0.1, 0.15) is 10.7 Å². The highest BCUT2D eigenvalue weighted by Gasteiger charge is 2.30. The number of hydrogen-bond acceptors (Lipinski definition) is 3. The van der Waals surface area contributed by atoms with Crippen molar-refractivity contribution in [2.45, 2.75) is 57.1 Å². The Labute approximate surface area is 125 Å². The van der Waals surface area contributed by atoms with Crippen molar-refractivity contribution in [3.8, 4) is 0 Å². The van der Waals surface area contributed by atoms with Crippen LogP contribution in [0.5, 0.6) is 0 Å². The molecule has 0 atom stereocenters. The fourth-order valence-electron chi connectivity index (χ4n) is 2.66. The Morgan fingerprint density at radius 1 is 1.33 bits per heavy atom. The molecule has 1 aromatic rings. The van der Waals surface area contributed by atoms with Crippen molar-refractivity contribution in [2.75, 3.05) is 0 Å². The minimum atomic E-state index is -3.86. The summed E-state index contributed by atoms with van der Waals surface area (Å²) in [6, 6.07) is 3.54. The first kappa shape index (κ1) is 16.4. The zero-order valence-corrected chi connectivity index (χ0v) is 13.2. The van der Waals surface area contributed by atoms with Crippen molar-refractivity contribution >= 4 is 10.0 Å². The SMILES string of the molecule is CC1(C)CCC(NS(=O)(=O)c2ccc(CO)cc2F)CC1. The second-order valence-electron chi connectivity index (χ2n) is 6.48. The molecule has 1 aliphatic carbocycles. The van der Waals surface area contributed by atoms with Crippen LogP contribution in [0.2, 0.25) is 0 Å². The molecule has 0 bridgehead atoms. The first-order valence-corrected chi connectivity index (χ1v) is 8.63. The van der Waals surface area contributed by atoms with E-state index in [0.717, 1.165) is 31.7 Å². The summed E-state index contributed by atoms with van der Waals surface area (Å²) in [7, 11) is -3.86. The fraction of sp³-hybridized carbons (Fsp3) is 0.600. The maximum atomic E-state index is 13.9. The van der Waals surface area contributed by atoms with E-state index in [2.05, 4.69) is 18.6 Å². The van der Waals surface area contributed by atoms with Gasteiger partial charge >= 0.3 is 0 Å². The fourth-order valence-corrected chi connectivity index (χ4v) is 4.02. The van der Waals surface area contributed by atoms with E-state index in [1.54, 1.807) is 0 Å². The van der Waals surface area contributed by atoms with Crippen LogP contribution in [0.4, 0.5) is 4.39 Å². The van der Waals surface area contributed by atoms with Crippen LogP contribution in [-0.4, -0.2) is 19.6 Å². The molecule has 21 heavy (non-hydrogen) atoms. The molecule has 0 amide bonds. The standard InChI is InChI=1S/C15H22FNO3S/c1-15(2)7-5-12(6-8-15)17-21(19,20)14-4-3-11(10-18)9-13(14)16/h3-4,9,12,17-18H,5-8,10H2,1-2H3. The third kappa shape index (κ3) is 4.02. The maximum absolute atomic E-state index is 13.9. The monoisotopic (exact) mass is 315 g/mol. The lowest BCUT2D eigenvalue weighted by atomic mass is 9.76. The lowest BCUT2D eigenvalue weighted by molar-refractivity contribution is 0.218. The van der Waals surface area contributed by atoms with Crippen molar-refractivity contribution in [3.63, 3.8) is 0 Å². The van der Waals surface area contributed by atoms with E-state index < -0.39 is 15.8 Å². The van der Waals surface area contributed by atoms with Gasteiger partial charge in [-0.15, -0.1) is 0 Å². The van der Waals surface area contributed by atoms with Gasteiger partial charge in [-0.3, -0.25) is 0 Å². The summed E-state index contributed by atoms with van der Waals surface area (Å²) in [4.78, 5) is -0.357. The molecule has 4 nitrogen and oxygen atoms in total. The number of aliphatic hydroxyl groups excluding tert-OH is 1. The molecule has 118 valence electrons. The molecule has 1 fully saturated rings. The Morgan fingerprint density at radius 2 is 1.95 bits per heavy atom. The van der Waals surface area contributed by atoms with Gasteiger partial charge in [-0.1, -0.05) is 19.9 Å². The van der Waals surface area contributed by atoms with Gasteiger partial charge in [0, 0.05) is 6.04 Å². The predicted molar refractivity (Wildman–Crippen MR) is 78.7 cm³/mol. The first-order valence-electron chi connectivity index (χ1n) is 7.15. The highest BCUT2D eigenvalue weighted by Crippen LogP contribution is 2.35. The zero-order valence-electron chi connectivity index (χ0n) is 12.4. The Kier molecular flexibility index (Phi) is 4.70. The van der Waals surface area contributed by atoms with Crippen LogP contribution in [0.1, 0.15) is 45.1 Å². The number of benzene rings is 1. The molecular weight excluding hydrogens is 293 g/mol. The second kappa shape index (κ2) is 6.02. The number of hydrogen-bond donors (Lipinski definition) is 2. The van der Waals surface area contributed by atoms with E-state index >= 15 is 0 Å². The molecule has 0 heterocycles. The molecule has 0 spiro atoms. The summed E-state index contributed by atoms with van der Waals surface area (Å²) in [5.41, 5.74) is 0.599. The van der Waals surface area contributed by atoms with E-state index in [4.69, 9.17) is 5.11 Å². The lowest BCUT2D eigenvalue weighted by Gasteiger charge is -2.34. The third-order valence-corrected chi connectivity index (χ3v) is 5.68. The van der Waals surface area contributed by atoms with Crippen LogP contribution >= 0.6 is 0 Å². The molecule has 0 radical (unpaired) electrons. The van der Waals surface area contributed by atoms with Crippen LogP contribution in [-0.2, 0) is 16.6 Å². The van der Waals surface area contributed by atoms with E-state index in [-0.39, 0.29) is 23.0 Å². The predicted octanol–water partition coefficient (Wildman–Crippen LogP) is 2.57. The largest absolute Gasteiger partial charge is 0.392 e. The number of halogens is 1. The van der Waals surface area contributed by atoms with Crippen LogP contribution in [0.15, 0.2) is 23.1 Å². The van der Waals surface area contributed by atoms with E-state index in [1.807, 2.05) is 0 Å². The summed E-state index contributed by atoms with van der Waals surface area (Å²) in [5, 5.41) is 8.93. The van der Waals surface area contributed by atoms with Gasteiger partial charge in [0.15, 0.2) is 0 Å². The van der Waals surface area contributed by atoms with Crippen LogP contribution in [0.25, 0.3) is 0 Å². The topological polar surface area (TPSA) is 66.4 Å². The quantitative estimate of drug-likeness (QED) is 0.897. The van der Waals surface area contributed by atoms with E-state index in [0.29, 0.717) is 5.56 Å². The molecular formula is C15H22FNO3S. The summed E-state index contributed by atoms with van der Waals surface area (Å²) in [6.45, 7) is 4.03. The average Bonchev–Trinajstić information content (AvgIpc) is 2.40. The molecule has 2 N–H and O–H groups in total. The van der Waals surface area contributed by atoms with Crippen molar-refractivity contribution in [3.05, 3.63) is 29.6 Å². The minimum Gasteiger partial charge on any atom is -0.392 e. The Hall–Kier alpha value is -0.980. The Balaban J connectivity index is 2.12. The molecule has 2 rings (SSSR count). The first-order chi connectivity index (χ1) is 9.73. The van der Waals surface area contributed by atoms with Gasteiger partial charge in [0.25, 0.3) is 0 Å². The van der Waals surface area contributed by atoms with Crippen molar-refractivity contribution in [2.24, 2.45) is 5.41 Å². The highest BCUT2D eigenvalue weighted by atomic mass is 32.2. The zero-order chi connectivity index (χ0) is 15.7.